The Morgan fingerprint density at radius 1 is 1.10 bits per heavy atom. The maximum absolute atomic E-state index is 12.9. The summed E-state index contributed by atoms with van der Waals surface area (Å²) >= 11 is 0. The van der Waals surface area contributed by atoms with E-state index in [1.165, 1.54) is 12.5 Å². The van der Waals surface area contributed by atoms with Crippen LogP contribution in [-0.4, -0.2) is 45.6 Å². The molecule has 0 radical (unpaired) electrons. The van der Waals surface area contributed by atoms with Gasteiger partial charge < -0.3 is 5.32 Å². The van der Waals surface area contributed by atoms with E-state index < -0.39 is 0 Å². The van der Waals surface area contributed by atoms with Crippen molar-refractivity contribution in [1.82, 2.24) is 39.7 Å². The van der Waals surface area contributed by atoms with E-state index in [0.717, 1.165) is 11.3 Å². The summed E-state index contributed by atoms with van der Waals surface area (Å²) < 4.78 is 3.25. The van der Waals surface area contributed by atoms with Gasteiger partial charge in [-0.3, -0.25) is 14.5 Å². The van der Waals surface area contributed by atoms with Crippen molar-refractivity contribution in [2.24, 2.45) is 7.05 Å². The van der Waals surface area contributed by atoms with Gasteiger partial charge in [0.25, 0.3) is 5.91 Å². The van der Waals surface area contributed by atoms with Crippen LogP contribution >= 0.6 is 0 Å². The summed E-state index contributed by atoms with van der Waals surface area (Å²) in [6, 6.07) is 3.62. The fourth-order valence-electron chi connectivity index (χ4n) is 2.96. The number of nitrogens with zero attached hydrogens (tertiary/aromatic N) is 8. The summed E-state index contributed by atoms with van der Waals surface area (Å²) in [5, 5.41) is 15.8. The average molecular weight is 417 g/mol. The summed E-state index contributed by atoms with van der Waals surface area (Å²) in [5.41, 5.74) is 3.93. The number of anilines is 1. The number of hydrogen-bond donors (Lipinski definition) is 1. The first-order valence-corrected chi connectivity index (χ1v) is 9.73. The molecule has 4 aromatic heterocycles. The molecule has 0 fully saturated rings. The van der Waals surface area contributed by atoms with Gasteiger partial charge in [-0.15, -0.1) is 5.10 Å². The van der Waals surface area contributed by atoms with Gasteiger partial charge in [-0.05, 0) is 13.0 Å². The van der Waals surface area contributed by atoms with E-state index in [1.54, 1.807) is 41.1 Å². The van der Waals surface area contributed by atoms with E-state index in [0.29, 0.717) is 28.5 Å². The van der Waals surface area contributed by atoms with Crippen LogP contribution in [0.4, 0.5) is 5.82 Å². The minimum Gasteiger partial charge on any atom is -0.307 e. The van der Waals surface area contributed by atoms with Crippen LogP contribution in [0.5, 0.6) is 0 Å². The molecule has 0 unspecified atom stereocenters. The third-order valence-electron chi connectivity index (χ3n) is 4.81. The monoisotopic (exact) mass is 417 g/mol. The first-order chi connectivity index (χ1) is 14.7. The van der Waals surface area contributed by atoms with Crippen LogP contribution in [0, 0.1) is 6.92 Å². The van der Waals surface area contributed by atoms with Crippen LogP contribution in [0.1, 0.15) is 42.5 Å². The van der Waals surface area contributed by atoms with Crippen LogP contribution in [0.15, 0.2) is 43.2 Å². The third kappa shape index (κ3) is 4.18. The highest BCUT2D eigenvalue weighted by atomic mass is 16.1. The Kier molecular flexibility index (Phi) is 5.05. The molecule has 0 aliphatic heterocycles. The van der Waals surface area contributed by atoms with Crippen molar-refractivity contribution in [2.45, 2.75) is 33.1 Å². The fraction of sp³-hybridized carbons (Fsp3) is 0.286. The van der Waals surface area contributed by atoms with Gasteiger partial charge >= 0.3 is 0 Å². The van der Waals surface area contributed by atoms with Crippen molar-refractivity contribution in [3.8, 4) is 16.9 Å². The molecule has 10 heteroatoms. The maximum atomic E-state index is 12.9. The Morgan fingerprint density at radius 3 is 2.52 bits per heavy atom. The molecule has 1 N–H and O–H groups in total. The summed E-state index contributed by atoms with van der Waals surface area (Å²) in [4.78, 5) is 25.3. The first-order valence-electron chi connectivity index (χ1n) is 9.73. The first kappa shape index (κ1) is 20.3. The normalized spacial score (nSPS) is 11.5. The van der Waals surface area contributed by atoms with Crippen LogP contribution in [-0.2, 0) is 12.5 Å². The molecule has 0 aliphatic carbocycles. The van der Waals surface area contributed by atoms with Gasteiger partial charge in [0.1, 0.15) is 17.8 Å². The number of aromatic nitrogens is 8. The van der Waals surface area contributed by atoms with Gasteiger partial charge in [0, 0.05) is 42.7 Å². The van der Waals surface area contributed by atoms with Crippen LogP contribution in [0.25, 0.3) is 16.9 Å². The second-order valence-electron chi connectivity index (χ2n) is 8.25. The molecule has 4 heterocycles. The van der Waals surface area contributed by atoms with E-state index in [1.807, 2.05) is 13.0 Å². The number of hydrogen-bond acceptors (Lipinski definition) is 7. The van der Waals surface area contributed by atoms with Crippen molar-refractivity contribution in [1.29, 1.82) is 0 Å². The van der Waals surface area contributed by atoms with E-state index in [9.17, 15) is 4.79 Å². The Bertz CT molecular complexity index is 1240. The molecule has 31 heavy (non-hydrogen) atoms. The SMILES string of the molecule is Cc1ncc(C(=O)Nc2cc(C(C)(C)C)nn2C)cc1-n1cc(-c2cncnc2)nn1. The zero-order chi connectivity index (χ0) is 22.2. The summed E-state index contributed by atoms with van der Waals surface area (Å²) in [7, 11) is 1.80. The molecule has 0 spiro atoms. The fourth-order valence-corrected chi connectivity index (χ4v) is 2.96. The lowest BCUT2D eigenvalue weighted by atomic mass is 9.92. The van der Waals surface area contributed by atoms with Crippen LogP contribution in [0.3, 0.4) is 0 Å². The molecule has 1 amide bonds. The van der Waals surface area contributed by atoms with Crippen molar-refractivity contribution in [3.63, 3.8) is 0 Å². The molecule has 10 nitrogen and oxygen atoms in total. The Hall–Kier alpha value is -3.95. The van der Waals surface area contributed by atoms with E-state index in [4.69, 9.17) is 0 Å². The number of pyridine rings is 1. The Morgan fingerprint density at radius 2 is 1.84 bits per heavy atom. The van der Waals surface area contributed by atoms with Crippen LogP contribution in [0.2, 0.25) is 0 Å². The lowest BCUT2D eigenvalue weighted by Gasteiger charge is -2.13. The Balaban J connectivity index is 1.61. The lowest BCUT2D eigenvalue weighted by molar-refractivity contribution is 0.102. The molecular formula is C21H23N9O. The van der Waals surface area contributed by atoms with Gasteiger partial charge in [-0.1, -0.05) is 26.0 Å². The van der Waals surface area contributed by atoms with Crippen molar-refractivity contribution in [3.05, 3.63) is 60.2 Å². The second kappa shape index (κ2) is 7.71. The quantitative estimate of drug-likeness (QED) is 0.542. The predicted molar refractivity (Wildman–Crippen MR) is 115 cm³/mol. The highest BCUT2D eigenvalue weighted by molar-refractivity contribution is 6.04. The number of carbonyl (C=O) groups is 1. The minimum atomic E-state index is -0.283. The van der Waals surface area contributed by atoms with Gasteiger partial charge in [0.2, 0.25) is 0 Å². The zero-order valence-corrected chi connectivity index (χ0v) is 18.0. The van der Waals surface area contributed by atoms with E-state index in [2.05, 4.69) is 56.5 Å². The summed E-state index contributed by atoms with van der Waals surface area (Å²) in [5.74, 6) is 0.332. The average Bonchev–Trinajstić information content (AvgIpc) is 3.36. The smallest absolute Gasteiger partial charge is 0.258 e. The van der Waals surface area contributed by atoms with Gasteiger partial charge in [0.15, 0.2) is 0 Å². The highest BCUT2D eigenvalue weighted by Gasteiger charge is 2.20. The standard InChI is InChI=1S/C21H23N9O/c1-13-17(30-11-16(26-28-30)15-8-22-12-23-9-15)6-14(10-24-13)20(31)25-19-7-18(21(2,3)4)27-29(19)5/h6-12H,1-5H3,(H,25,31). The molecule has 0 aliphatic rings. The largest absolute Gasteiger partial charge is 0.307 e. The molecular weight excluding hydrogens is 394 g/mol. The van der Waals surface area contributed by atoms with Gasteiger partial charge in [-0.2, -0.15) is 5.10 Å². The molecule has 4 rings (SSSR count). The number of aryl methyl sites for hydroxylation is 2. The predicted octanol–water partition coefficient (Wildman–Crippen LogP) is 2.71. The molecule has 4 aromatic rings. The van der Waals surface area contributed by atoms with Crippen molar-refractivity contribution < 1.29 is 4.79 Å². The molecule has 0 bridgehead atoms. The van der Waals surface area contributed by atoms with Gasteiger partial charge in [-0.25, -0.2) is 14.6 Å². The molecule has 0 atom stereocenters. The molecule has 0 saturated carbocycles. The van der Waals surface area contributed by atoms with Crippen LogP contribution < -0.4 is 5.32 Å². The van der Waals surface area contributed by atoms with Gasteiger partial charge in [0.05, 0.1) is 28.8 Å². The number of amides is 1. The number of rotatable bonds is 4. The molecule has 0 aromatic carbocycles. The number of carbonyl (C=O) groups excluding carboxylic acids is 1. The molecule has 0 saturated heterocycles. The summed E-state index contributed by atoms with van der Waals surface area (Å²) in [6.45, 7) is 8.07. The second-order valence-corrected chi connectivity index (χ2v) is 8.25. The molecule has 158 valence electrons. The lowest BCUT2D eigenvalue weighted by Crippen LogP contribution is -2.16. The van der Waals surface area contributed by atoms with E-state index in [-0.39, 0.29) is 11.3 Å². The van der Waals surface area contributed by atoms with Crippen molar-refractivity contribution >= 4 is 11.7 Å². The number of nitrogens with one attached hydrogen (secondary N) is 1. The van der Waals surface area contributed by atoms with E-state index >= 15 is 0 Å². The topological polar surface area (TPSA) is 116 Å². The zero-order valence-electron chi connectivity index (χ0n) is 18.0. The summed E-state index contributed by atoms with van der Waals surface area (Å²) in [6.07, 6.45) is 8.07. The Labute approximate surface area is 179 Å². The highest BCUT2D eigenvalue weighted by Crippen LogP contribution is 2.24. The minimum absolute atomic E-state index is 0.117. The third-order valence-corrected chi connectivity index (χ3v) is 4.81. The maximum Gasteiger partial charge on any atom is 0.258 e. The van der Waals surface area contributed by atoms with Crippen molar-refractivity contribution in [2.75, 3.05) is 5.32 Å².